The molecule has 0 saturated carbocycles. The van der Waals surface area contributed by atoms with Crippen molar-refractivity contribution < 1.29 is 10.0 Å². The average Bonchev–Trinajstić information content (AvgIpc) is 1.23. The van der Waals surface area contributed by atoms with E-state index in [-0.39, 0.29) is 14.9 Å². The second-order valence-corrected chi connectivity index (χ2v) is 28.0. The van der Waals surface area contributed by atoms with Gasteiger partial charge >= 0.3 is 7.12 Å². The molecule has 0 radical (unpaired) electrons. The molecule has 0 unspecified atom stereocenters. The quantitative estimate of drug-likeness (QED) is 0.116. The highest BCUT2D eigenvalue weighted by molar-refractivity contribution is 7.26. The SMILES string of the molecule is C.C.Clc1cnc2c3ccccc3c3ccccc3c2n1.OB(O)c1cccc(-c2cc(-c3ccccc3)cc3c2sc2ccc(-c4ccccc4)cc23)c1.c1ccc(-c2ccc3sc4c(-c5cccc(-c6cnc7c8ccccc8c8ccccc8c7n6)c5)cc(-c5ccccc5)cc4c3c2)cc1. The zero-order valence-corrected chi connectivity index (χ0v) is 57.2. The molecule has 0 atom stereocenters. The minimum absolute atomic E-state index is 0. The molecule has 0 saturated heterocycles. The van der Waals surface area contributed by atoms with Crippen molar-refractivity contribution in [3.8, 4) is 78.0 Å². The second-order valence-electron chi connectivity index (χ2n) is 25.5. The van der Waals surface area contributed by atoms with E-state index >= 15 is 0 Å². The van der Waals surface area contributed by atoms with E-state index in [2.05, 4.69) is 277 Å². The Morgan fingerprint density at radius 3 is 1.05 bits per heavy atom. The van der Waals surface area contributed by atoms with Crippen molar-refractivity contribution in [2.24, 2.45) is 0 Å². The predicted octanol–water partition coefficient (Wildman–Crippen LogP) is 25.6. The summed E-state index contributed by atoms with van der Waals surface area (Å²) in [6.45, 7) is 0. The Kier molecular flexibility index (Phi) is 18.2. The lowest BCUT2D eigenvalue weighted by Crippen LogP contribution is -2.29. The van der Waals surface area contributed by atoms with Gasteiger partial charge in [-0.05, 0) is 137 Å². The Hall–Kier alpha value is -12.0. The van der Waals surface area contributed by atoms with Crippen molar-refractivity contribution in [1.82, 2.24) is 19.9 Å². The van der Waals surface area contributed by atoms with Crippen LogP contribution in [0.2, 0.25) is 5.15 Å². The van der Waals surface area contributed by atoms with Crippen molar-refractivity contribution >= 4 is 152 Å². The number of nitrogens with zero attached hydrogens (tertiary/aromatic N) is 4. The molecule has 0 aliphatic heterocycles. The van der Waals surface area contributed by atoms with Gasteiger partial charge in [-0.15, -0.1) is 22.7 Å². The minimum Gasteiger partial charge on any atom is -0.423 e. The van der Waals surface area contributed by atoms with Crippen LogP contribution in [0.4, 0.5) is 0 Å². The summed E-state index contributed by atoms with van der Waals surface area (Å²) in [5, 5.41) is 34.2. The molecule has 4 heterocycles. The molecule has 104 heavy (non-hydrogen) atoms. The summed E-state index contributed by atoms with van der Waals surface area (Å²) in [6.07, 6.45) is 3.54. The number of fused-ring (bicyclic) bond motifs is 18. The van der Waals surface area contributed by atoms with Crippen molar-refractivity contribution in [3.05, 3.63) is 345 Å². The third kappa shape index (κ3) is 12.4. The van der Waals surface area contributed by atoms with Crippen molar-refractivity contribution in [3.63, 3.8) is 0 Å². The fourth-order valence-electron chi connectivity index (χ4n) is 14.5. The maximum absolute atomic E-state index is 9.75. The van der Waals surface area contributed by atoms with Crippen LogP contribution in [0.5, 0.6) is 0 Å². The Labute approximate surface area is 615 Å². The molecule has 0 aliphatic rings. The highest BCUT2D eigenvalue weighted by Gasteiger charge is 2.21. The fraction of sp³-hybridized carbons (Fsp3) is 0.0213. The van der Waals surface area contributed by atoms with Gasteiger partial charge in [-0.2, -0.15) is 0 Å². The van der Waals surface area contributed by atoms with Gasteiger partial charge in [0.15, 0.2) is 0 Å². The van der Waals surface area contributed by atoms with Crippen LogP contribution in [0.1, 0.15) is 14.9 Å². The maximum atomic E-state index is 9.75. The van der Waals surface area contributed by atoms with Crippen LogP contribution >= 0.6 is 34.3 Å². The fourth-order valence-corrected chi connectivity index (χ4v) is 17.0. The topological polar surface area (TPSA) is 92.0 Å². The van der Waals surface area contributed by atoms with Crippen LogP contribution in [-0.2, 0) is 0 Å². The summed E-state index contributed by atoms with van der Waals surface area (Å²) < 4.78 is 5.01. The van der Waals surface area contributed by atoms with Crippen molar-refractivity contribution in [2.75, 3.05) is 0 Å². The second kappa shape index (κ2) is 28.4. The number of benzene rings is 16. The molecule has 0 spiro atoms. The minimum atomic E-state index is -1.50. The van der Waals surface area contributed by atoms with Crippen LogP contribution < -0.4 is 5.46 Å². The Morgan fingerprint density at radius 2 is 0.606 bits per heavy atom. The number of hydrogen-bond donors (Lipinski definition) is 2. The molecule has 20 rings (SSSR count). The van der Waals surface area contributed by atoms with E-state index in [1.165, 1.54) is 106 Å². The molecular formula is C94H66BClN4O2S2. The summed E-state index contributed by atoms with van der Waals surface area (Å²) >= 11 is 9.65. The van der Waals surface area contributed by atoms with Crippen LogP contribution in [0.15, 0.2) is 340 Å². The zero-order valence-electron chi connectivity index (χ0n) is 54.8. The van der Waals surface area contributed by atoms with Gasteiger partial charge < -0.3 is 10.0 Å². The summed E-state index contributed by atoms with van der Waals surface area (Å²) in [5.41, 5.74) is 20.1. The normalized spacial score (nSPS) is 11.3. The van der Waals surface area contributed by atoms with E-state index in [1.807, 2.05) is 72.1 Å². The number of rotatable bonds is 8. The molecule has 16 aromatic carbocycles. The van der Waals surface area contributed by atoms with Crippen LogP contribution in [0, 0.1) is 0 Å². The van der Waals surface area contributed by atoms with E-state index in [0.29, 0.717) is 10.6 Å². The molecule has 0 bridgehead atoms. The Bertz CT molecular complexity index is 6560. The number of thiophene rings is 2. The summed E-state index contributed by atoms with van der Waals surface area (Å²) in [6, 6.07) is 115. The molecule has 0 amide bonds. The van der Waals surface area contributed by atoms with Crippen LogP contribution in [-0.4, -0.2) is 37.1 Å². The van der Waals surface area contributed by atoms with E-state index in [0.717, 1.165) is 77.1 Å². The molecule has 20 aromatic rings. The molecular weight excluding hydrogens is 1330 g/mol. The summed E-state index contributed by atoms with van der Waals surface area (Å²) in [5.74, 6) is 0. The first kappa shape index (κ1) is 66.5. The highest BCUT2D eigenvalue weighted by atomic mass is 35.5. The van der Waals surface area contributed by atoms with Gasteiger partial charge in [-0.25, -0.2) is 9.97 Å². The summed E-state index contributed by atoms with van der Waals surface area (Å²) in [7, 11) is -1.50. The first-order valence-electron chi connectivity index (χ1n) is 33.9. The molecule has 4 aromatic heterocycles. The average molecular weight is 1390 g/mol. The van der Waals surface area contributed by atoms with Gasteiger partial charge in [0.1, 0.15) is 5.15 Å². The van der Waals surface area contributed by atoms with Crippen molar-refractivity contribution in [2.45, 2.75) is 14.9 Å². The van der Waals surface area contributed by atoms with Gasteiger partial charge in [0.05, 0.1) is 40.2 Å². The van der Waals surface area contributed by atoms with Gasteiger partial charge in [0.25, 0.3) is 0 Å². The Balaban J connectivity index is 0.000000131. The molecule has 2 N–H and O–H groups in total. The molecule has 0 fully saturated rings. The third-order valence-electron chi connectivity index (χ3n) is 19.4. The number of hydrogen-bond acceptors (Lipinski definition) is 8. The first-order valence-corrected chi connectivity index (χ1v) is 35.9. The van der Waals surface area contributed by atoms with Crippen LogP contribution in [0.25, 0.3) is 184 Å². The maximum Gasteiger partial charge on any atom is 0.488 e. The van der Waals surface area contributed by atoms with Gasteiger partial charge in [0, 0.05) is 78.6 Å². The standard InChI is InChI=1S/C46H28N2S.C30H21BO2S.C16H9ClN2.2CH4/c1-3-12-29(13-4-1)31-22-23-43-40(25-31)41-27-34(30-14-5-2-6-15-30)26-39(46(41)49-43)32-16-11-17-33(24-32)42-28-47-44-37-20-9-7-18-35(37)36-19-8-10-21-38(36)45(44)48-42;32-31(33)25-13-7-12-23(16-25)26-18-24(21-10-5-2-6-11-21)19-28-27-17-22(20-8-3-1-4-9-20)14-15-29(27)34-30(26)28;17-14-9-18-15-12-7-3-1-5-10(12)11-6-2-4-8-13(11)16(15)19-14;;/h1-28H;1-19,32-33H;1-9H;2*1H4. The van der Waals surface area contributed by atoms with E-state index in [1.54, 1.807) is 23.6 Å². The zero-order chi connectivity index (χ0) is 68.2. The van der Waals surface area contributed by atoms with Gasteiger partial charge in [0.2, 0.25) is 0 Å². The molecule has 6 nitrogen and oxygen atoms in total. The smallest absolute Gasteiger partial charge is 0.423 e. The lowest BCUT2D eigenvalue weighted by molar-refractivity contribution is 0.426. The molecule has 10 heteroatoms. The number of halogens is 1. The van der Waals surface area contributed by atoms with Crippen molar-refractivity contribution in [1.29, 1.82) is 0 Å². The lowest BCUT2D eigenvalue weighted by atomic mass is 9.79. The first-order chi connectivity index (χ1) is 50.3. The largest absolute Gasteiger partial charge is 0.488 e. The molecule has 0 aliphatic carbocycles. The monoisotopic (exact) mass is 1390 g/mol. The number of aromatic nitrogens is 4. The van der Waals surface area contributed by atoms with Crippen LogP contribution in [0.3, 0.4) is 0 Å². The summed E-state index contributed by atoms with van der Waals surface area (Å²) in [4.78, 5) is 19.3. The third-order valence-corrected chi connectivity index (χ3v) is 22.0. The van der Waals surface area contributed by atoms with Gasteiger partial charge in [-0.3, -0.25) is 9.97 Å². The van der Waals surface area contributed by atoms with E-state index in [4.69, 9.17) is 21.6 Å². The van der Waals surface area contributed by atoms with Gasteiger partial charge in [-0.1, -0.05) is 299 Å². The predicted molar refractivity (Wildman–Crippen MR) is 448 cm³/mol. The molecule has 496 valence electrons. The van der Waals surface area contributed by atoms with E-state index in [9.17, 15) is 10.0 Å². The Morgan fingerprint density at radius 1 is 0.260 bits per heavy atom. The van der Waals surface area contributed by atoms with E-state index < -0.39 is 7.12 Å². The highest BCUT2D eigenvalue weighted by Crippen LogP contribution is 2.47. The lowest BCUT2D eigenvalue weighted by Gasteiger charge is -2.12.